The van der Waals surface area contributed by atoms with Gasteiger partial charge in [-0.1, -0.05) is 49.5 Å². The molecule has 5 N–H and O–H groups in total. The summed E-state index contributed by atoms with van der Waals surface area (Å²) in [5, 5.41) is 24.4. The fourth-order valence-electron chi connectivity index (χ4n) is 7.56. The number of Topliss-reactive ketones (excluding diaryl/α,β-unsaturated/α-hetero) is 1. The summed E-state index contributed by atoms with van der Waals surface area (Å²) in [5.41, 5.74) is 5.17. The van der Waals surface area contributed by atoms with Gasteiger partial charge in [-0.2, -0.15) is 0 Å². The average Bonchev–Trinajstić information content (AvgIpc) is 3.86. The fraction of sp³-hybridized carbons (Fsp3) is 0.588. The first-order valence-corrected chi connectivity index (χ1v) is 18.1. The number of primary amides is 1. The largest absolute Gasteiger partial charge is 0.393 e. The van der Waals surface area contributed by atoms with Crippen molar-refractivity contribution in [3.8, 4) is 0 Å². The highest BCUT2D eigenvalue weighted by molar-refractivity contribution is 7.20. The Labute approximate surface area is 293 Å². The van der Waals surface area contributed by atoms with E-state index in [2.05, 4.69) is 25.9 Å². The van der Waals surface area contributed by atoms with E-state index in [-0.39, 0.29) is 56.4 Å². The van der Waals surface area contributed by atoms with E-state index in [1.54, 1.807) is 17.8 Å². The molecule has 0 spiro atoms. The maximum absolute atomic E-state index is 14.7. The molecule has 3 fully saturated rings. The predicted octanol–water partition coefficient (Wildman–Crippen LogP) is 1.44. The Kier molecular flexibility index (Phi) is 10.9. The summed E-state index contributed by atoms with van der Waals surface area (Å²) < 4.78 is 7.89. The summed E-state index contributed by atoms with van der Waals surface area (Å²) >= 11 is 1.24. The first-order valence-electron chi connectivity index (χ1n) is 17.3. The van der Waals surface area contributed by atoms with Gasteiger partial charge in [0.05, 0.1) is 34.3 Å². The van der Waals surface area contributed by atoms with Gasteiger partial charge in [0, 0.05) is 45.4 Å². The second kappa shape index (κ2) is 15.3. The van der Waals surface area contributed by atoms with Crippen molar-refractivity contribution in [1.82, 2.24) is 35.5 Å². The van der Waals surface area contributed by atoms with E-state index in [0.717, 1.165) is 36.8 Å². The van der Waals surface area contributed by atoms with Crippen LogP contribution in [0.4, 0.5) is 0 Å². The summed E-state index contributed by atoms with van der Waals surface area (Å²) in [7, 11) is 0. The zero-order valence-corrected chi connectivity index (χ0v) is 28.9. The molecule has 15 nitrogen and oxygen atoms in total. The molecule has 268 valence electrons. The molecule has 16 heteroatoms. The van der Waals surface area contributed by atoms with Gasteiger partial charge in [-0.15, -0.1) is 16.4 Å². The lowest BCUT2D eigenvalue weighted by molar-refractivity contribution is -0.147. The van der Waals surface area contributed by atoms with Crippen LogP contribution >= 0.6 is 11.3 Å². The third-order valence-electron chi connectivity index (χ3n) is 10.1. The summed E-state index contributed by atoms with van der Waals surface area (Å²) in [4.78, 5) is 73.8. The maximum atomic E-state index is 14.7. The molecule has 1 aliphatic carbocycles. The van der Waals surface area contributed by atoms with E-state index < -0.39 is 59.2 Å². The van der Waals surface area contributed by atoms with Crippen molar-refractivity contribution in [3.63, 3.8) is 0 Å². The number of aliphatic hydroxyl groups excluding tert-OH is 1. The van der Waals surface area contributed by atoms with Gasteiger partial charge in [-0.25, -0.2) is 9.67 Å². The second-order valence-electron chi connectivity index (χ2n) is 13.7. The van der Waals surface area contributed by atoms with Crippen LogP contribution in [0.15, 0.2) is 30.5 Å². The molecule has 1 aromatic carbocycles. The normalized spacial score (nSPS) is 22.2. The number of nitrogens with two attached hydrogens (primary N) is 1. The predicted molar refractivity (Wildman–Crippen MR) is 182 cm³/mol. The van der Waals surface area contributed by atoms with Crippen LogP contribution in [-0.4, -0.2) is 103 Å². The van der Waals surface area contributed by atoms with Crippen molar-refractivity contribution < 1.29 is 33.8 Å². The van der Waals surface area contributed by atoms with Crippen molar-refractivity contribution in [2.75, 3.05) is 19.8 Å². The van der Waals surface area contributed by atoms with Crippen LogP contribution in [0.5, 0.6) is 0 Å². The van der Waals surface area contributed by atoms with E-state index >= 15 is 0 Å². The number of hydrogen-bond acceptors (Lipinski definition) is 11. The molecule has 4 amide bonds. The number of likely N-dealkylation sites (tertiary alicyclic amines) is 1. The molecule has 2 aromatic heterocycles. The maximum Gasteiger partial charge on any atom is 0.287 e. The Morgan fingerprint density at radius 2 is 1.86 bits per heavy atom. The van der Waals surface area contributed by atoms with Crippen LogP contribution in [0, 0.1) is 5.92 Å². The summed E-state index contributed by atoms with van der Waals surface area (Å²) in [6.45, 7) is 1.98. The molecular weight excluding hydrogens is 664 g/mol. The Balaban J connectivity index is 1.32. The lowest BCUT2D eigenvalue weighted by Gasteiger charge is -2.37. The second-order valence-corrected chi connectivity index (χ2v) is 14.8. The number of thiazole rings is 1. The van der Waals surface area contributed by atoms with Crippen molar-refractivity contribution in [3.05, 3.63) is 41.2 Å². The van der Waals surface area contributed by atoms with E-state index in [9.17, 15) is 29.1 Å². The van der Waals surface area contributed by atoms with Gasteiger partial charge in [-0.3, -0.25) is 24.0 Å². The molecule has 2 saturated heterocycles. The fourth-order valence-corrected chi connectivity index (χ4v) is 8.42. The molecule has 0 bridgehead atoms. The Morgan fingerprint density at radius 1 is 1.12 bits per heavy atom. The number of para-hydroxylation sites is 1. The molecule has 3 aromatic rings. The van der Waals surface area contributed by atoms with Gasteiger partial charge in [0.1, 0.15) is 17.6 Å². The van der Waals surface area contributed by atoms with Crippen LogP contribution in [0.1, 0.15) is 86.2 Å². The third-order valence-corrected chi connectivity index (χ3v) is 11.2. The van der Waals surface area contributed by atoms with E-state index in [1.807, 2.05) is 24.3 Å². The number of amides is 4. The van der Waals surface area contributed by atoms with Crippen LogP contribution < -0.4 is 16.4 Å². The zero-order valence-electron chi connectivity index (χ0n) is 28.1. The molecule has 4 atom stereocenters. The third kappa shape index (κ3) is 7.71. The molecule has 0 radical (unpaired) electrons. The molecular formula is C34H44N8O7S. The molecule has 1 saturated carbocycles. The number of aromatic nitrogens is 4. The van der Waals surface area contributed by atoms with E-state index in [0.29, 0.717) is 17.6 Å². The van der Waals surface area contributed by atoms with Crippen molar-refractivity contribution >= 4 is 51.0 Å². The van der Waals surface area contributed by atoms with Gasteiger partial charge in [-0.05, 0) is 31.4 Å². The Morgan fingerprint density at radius 3 is 2.56 bits per heavy atom. The van der Waals surface area contributed by atoms with Crippen molar-refractivity contribution in [1.29, 1.82) is 0 Å². The molecule has 4 heterocycles. The number of aliphatic hydroxyl groups is 1. The quantitative estimate of drug-likeness (QED) is 0.199. The van der Waals surface area contributed by atoms with Gasteiger partial charge < -0.3 is 31.1 Å². The van der Waals surface area contributed by atoms with Gasteiger partial charge in [0.25, 0.3) is 11.8 Å². The number of hydrogen-bond donors (Lipinski definition) is 4. The van der Waals surface area contributed by atoms with Crippen LogP contribution in [0.3, 0.4) is 0 Å². The monoisotopic (exact) mass is 708 g/mol. The minimum atomic E-state index is -1.57. The van der Waals surface area contributed by atoms with Gasteiger partial charge >= 0.3 is 0 Å². The molecule has 6 rings (SSSR count). The highest BCUT2D eigenvalue weighted by Gasteiger charge is 2.49. The summed E-state index contributed by atoms with van der Waals surface area (Å²) in [6, 6.07) is 4.89. The topological polar surface area (TPSA) is 212 Å². The first kappa shape index (κ1) is 35.5. The molecule has 2 aliphatic heterocycles. The molecule has 3 aliphatic rings. The lowest BCUT2D eigenvalue weighted by Crippen LogP contribution is -2.64. The average molecular weight is 709 g/mol. The van der Waals surface area contributed by atoms with E-state index in [4.69, 9.17) is 10.5 Å². The zero-order chi connectivity index (χ0) is 35.4. The highest BCUT2D eigenvalue weighted by atomic mass is 32.1. The summed E-state index contributed by atoms with van der Waals surface area (Å²) in [5.74, 6) is -3.42. The SMILES string of the molecule is CC(O)Cc1cnnn1[C@H]1C[C@@H](C(=O)NC2(C(=O)C(N)=O)CCOCC2)N(C(=O)[C@@H](CC2CCCCC2)NC(=O)c2nc3ccccc3s2)C1. The lowest BCUT2D eigenvalue weighted by atomic mass is 9.84. The number of carbonyl (C=O) groups is 5. The number of fused-ring (bicyclic) bond motifs is 1. The van der Waals surface area contributed by atoms with Crippen LogP contribution in [0.2, 0.25) is 0 Å². The number of nitrogens with one attached hydrogen (secondary N) is 2. The van der Waals surface area contributed by atoms with E-state index in [1.165, 1.54) is 16.2 Å². The summed E-state index contributed by atoms with van der Waals surface area (Å²) in [6.07, 6.45) is 6.76. The molecule has 50 heavy (non-hydrogen) atoms. The van der Waals surface area contributed by atoms with Crippen LogP contribution in [0.25, 0.3) is 10.2 Å². The number of rotatable bonds is 12. The smallest absolute Gasteiger partial charge is 0.287 e. The number of carbonyl (C=O) groups excluding carboxylic acids is 5. The first-order chi connectivity index (χ1) is 24.0. The Hall–Kier alpha value is -4.28. The number of ether oxygens (including phenoxy) is 1. The van der Waals surface area contributed by atoms with Gasteiger partial charge in [0.2, 0.25) is 17.6 Å². The number of benzene rings is 1. The van der Waals surface area contributed by atoms with Crippen molar-refractivity contribution in [2.45, 2.75) is 101 Å². The number of ketones is 1. The minimum absolute atomic E-state index is 0.0503. The standard InChI is InChI=1S/C34H44N8O7S/c1-20(43)15-22-18-36-40-42(22)23-17-26(30(46)39-34(28(44)29(35)45)11-13-49-14-12-34)41(19-23)33(48)25(16-21-7-3-2-4-8-21)37-31(47)32-38-24-9-5-6-10-27(24)50-32/h5-6,9-10,18,20-21,23,25-26,43H,2-4,7-8,11-17,19H2,1H3,(H2,35,45)(H,37,47)(H,39,46)/t20?,23-,25+,26-/m0/s1. The van der Waals surface area contributed by atoms with Crippen LogP contribution in [-0.2, 0) is 30.3 Å². The minimum Gasteiger partial charge on any atom is -0.393 e. The molecule has 1 unspecified atom stereocenters. The number of nitrogens with zero attached hydrogens (tertiary/aromatic N) is 5. The van der Waals surface area contributed by atoms with Gasteiger partial charge in [0.15, 0.2) is 5.01 Å². The highest BCUT2D eigenvalue weighted by Crippen LogP contribution is 2.33. The Bertz CT molecular complexity index is 1700. The van der Waals surface area contributed by atoms with Crippen molar-refractivity contribution in [2.24, 2.45) is 11.7 Å².